The third-order valence-corrected chi connectivity index (χ3v) is 4.06. The van der Waals surface area contributed by atoms with Gasteiger partial charge in [0.15, 0.2) is 0 Å². The lowest BCUT2D eigenvalue weighted by Crippen LogP contribution is -2.33. The Kier molecular flexibility index (Phi) is 4.51. The molecule has 24 heavy (non-hydrogen) atoms. The predicted octanol–water partition coefficient (Wildman–Crippen LogP) is 3.12. The van der Waals surface area contributed by atoms with Crippen LogP contribution in [-0.4, -0.2) is 31.2 Å². The number of nitrogens with one attached hydrogen (secondary N) is 1. The Bertz CT molecular complexity index is 758. The average molecular weight is 324 g/mol. The predicted molar refractivity (Wildman–Crippen MR) is 92.9 cm³/mol. The summed E-state index contributed by atoms with van der Waals surface area (Å²) in [5.41, 5.74) is 4.19. The Morgan fingerprint density at radius 1 is 1.25 bits per heavy atom. The molecule has 1 aliphatic heterocycles. The summed E-state index contributed by atoms with van der Waals surface area (Å²) in [5, 5.41) is 2.68. The lowest BCUT2D eigenvalue weighted by molar-refractivity contribution is -0.119. The molecule has 1 fully saturated rings. The van der Waals surface area contributed by atoms with Gasteiger partial charge in [0.1, 0.15) is 6.10 Å². The Labute approximate surface area is 141 Å². The van der Waals surface area contributed by atoms with Gasteiger partial charge >= 0.3 is 6.09 Å². The fourth-order valence-corrected chi connectivity index (χ4v) is 2.85. The van der Waals surface area contributed by atoms with Gasteiger partial charge in [-0.05, 0) is 35.7 Å². The van der Waals surface area contributed by atoms with E-state index >= 15 is 0 Å². The number of hydrogen-bond donors (Lipinski definition) is 1. The number of nitrogens with zero attached hydrogens (tertiary/aromatic N) is 1. The first kappa shape index (κ1) is 16.1. The SMILES string of the molecule is CC(=O)NCC1CN(c2ccc(-c3ccccc3)c(C)c2)C(=O)O1. The van der Waals surface area contributed by atoms with Gasteiger partial charge in [0, 0.05) is 12.6 Å². The van der Waals surface area contributed by atoms with Crippen molar-refractivity contribution in [2.24, 2.45) is 0 Å². The van der Waals surface area contributed by atoms with Gasteiger partial charge in [-0.15, -0.1) is 0 Å². The molecule has 0 aliphatic carbocycles. The van der Waals surface area contributed by atoms with Gasteiger partial charge < -0.3 is 10.1 Å². The van der Waals surface area contributed by atoms with E-state index in [9.17, 15) is 9.59 Å². The Balaban J connectivity index is 1.77. The quantitative estimate of drug-likeness (QED) is 0.940. The fraction of sp³-hybridized carbons (Fsp3) is 0.263. The van der Waals surface area contributed by atoms with E-state index in [1.807, 2.05) is 43.3 Å². The summed E-state index contributed by atoms with van der Waals surface area (Å²) in [7, 11) is 0. The number of cyclic esters (lactones) is 1. The van der Waals surface area contributed by atoms with E-state index in [2.05, 4.69) is 17.4 Å². The van der Waals surface area contributed by atoms with Crippen molar-refractivity contribution in [3.8, 4) is 11.1 Å². The minimum absolute atomic E-state index is 0.132. The van der Waals surface area contributed by atoms with Crippen LogP contribution < -0.4 is 10.2 Å². The highest BCUT2D eigenvalue weighted by Gasteiger charge is 2.32. The average Bonchev–Trinajstić information content (AvgIpc) is 2.94. The molecule has 1 unspecified atom stereocenters. The van der Waals surface area contributed by atoms with Crippen LogP contribution in [0.2, 0.25) is 0 Å². The Morgan fingerprint density at radius 3 is 2.67 bits per heavy atom. The molecule has 2 aromatic carbocycles. The molecule has 0 saturated carbocycles. The summed E-state index contributed by atoms with van der Waals surface area (Å²) in [5.74, 6) is -0.132. The van der Waals surface area contributed by atoms with Gasteiger partial charge in [-0.2, -0.15) is 0 Å². The molecule has 0 spiro atoms. The molecule has 3 rings (SSSR count). The highest BCUT2D eigenvalue weighted by molar-refractivity contribution is 5.90. The molecule has 5 nitrogen and oxygen atoms in total. The van der Waals surface area contributed by atoms with Crippen molar-refractivity contribution >= 4 is 17.7 Å². The van der Waals surface area contributed by atoms with Crippen LogP contribution in [0.3, 0.4) is 0 Å². The van der Waals surface area contributed by atoms with Gasteiger partial charge in [-0.1, -0.05) is 36.4 Å². The molecule has 1 aliphatic rings. The van der Waals surface area contributed by atoms with E-state index < -0.39 is 0 Å². The molecule has 5 heteroatoms. The molecular formula is C19H20N2O3. The van der Waals surface area contributed by atoms with Crippen molar-refractivity contribution in [1.82, 2.24) is 5.32 Å². The Morgan fingerprint density at radius 2 is 2.00 bits per heavy atom. The van der Waals surface area contributed by atoms with E-state index in [4.69, 9.17) is 4.74 Å². The lowest BCUT2D eigenvalue weighted by atomic mass is 10.00. The molecule has 1 saturated heterocycles. The van der Waals surface area contributed by atoms with Crippen molar-refractivity contribution in [3.05, 3.63) is 54.1 Å². The maximum atomic E-state index is 12.1. The van der Waals surface area contributed by atoms with Gasteiger partial charge in [-0.25, -0.2) is 4.79 Å². The van der Waals surface area contributed by atoms with Crippen LogP contribution in [0.5, 0.6) is 0 Å². The number of anilines is 1. The van der Waals surface area contributed by atoms with Gasteiger partial charge in [0.25, 0.3) is 0 Å². The van der Waals surface area contributed by atoms with Crippen molar-refractivity contribution in [2.75, 3.05) is 18.0 Å². The monoisotopic (exact) mass is 324 g/mol. The molecule has 124 valence electrons. The number of benzene rings is 2. The van der Waals surface area contributed by atoms with E-state index in [1.54, 1.807) is 4.90 Å². The maximum absolute atomic E-state index is 12.1. The smallest absolute Gasteiger partial charge is 0.414 e. The van der Waals surface area contributed by atoms with Crippen LogP contribution in [0.25, 0.3) is 11.1 Å². The molecule has 1 heterocycles. The zero-order chi connectivity index (χ0) is 17.1. The van der Waals surface area contributed by atoms with Crippen molar-refractivity contribution in [1.29, 1.82) is 0 Å². The van der Waals surface area contributed by atoms with E-state index in [-0.39, 0.29) is 18.1 Å². The maximum Gasteiger partial charge on any atom is 0.414 e. The second-order valence-electron chi connectivity index (χ2n) is 5.92. The first-order valence-electron chi connectivity index (χ1n) is 7.93. The molecule has 2 aromatic rings. The number of amides is 2. The van der Waals surface area contributed by atoms with Crippen molar-refractivity contribution in [3.63, 3.8) is 0 Å². The summed E-state index contributed by atoms with van der Waals surface area (Å²) in [4.78, 5) is 24.7. The summed E-state index contributed by atoms with van der Waals surface area (Å²) in [6.07, 6.45) is -0.701. The van der Waals surface area contributed by atoms with Crippen LogP contribution >= 0.6 is 0 Å². The summed E-state index contributed by atoms with van der Waals surface area (Å²) in [6.45, 7) is 4.24. The number of carbonyl (C=O) groups excluding carboxylic acids is 2. The molecule has 2 amide bonds. The van der Waals surface area contributed by atoms with Gasteiger partial charge in [-0.3, -0.25) is 9.69 Å². The second-order valence-corrected chi connectivity index (χ2v) is 5.92. The zero-order valence-corrected chi connectivity index (χ0v) is 13.8. The lowest BCUT2D eigenvalue weighted by Gasteiger charge is -2.15. The van der Waals surface area contributed by atoms with Crippen molar-refractivity contribution in [2.45, 2.75) is 20.0 Å². The number of carbonyl (C=O) groups is 2. The summed E-state index contributed by atoms with van der Waals surface area (Å²) >= 11 is 0. The molecule has 0 aromatic heterocycles. The number of ether oxygens (including phenoxy) is 1. The Hall–Kier alpha value is -2.82. The van der Waals surface area contributed by atoms with Crippen molar-refractivity contribution < 1.29 is 14.3 Å². The first-order chi connectivity index (χ1) is 11.5. The van der Waals surface area contributed by atoms with Crippen LogP contribution in [0, 0.1) is 6.92 Å². The third kappa shape index (κ3) is 3.40. The molecule has 1 N–H and O–H groups in total. The minimum atomic E-state index is -0.378. The zero-order valence-electron chi connectivity index (χ0n) is 13.8. The first-order valence-corrected chi connectivity index (χ1v) is 7.93. The van der Waals surface area contributed by atoms with Crippen LogP contribution in [0.15, 0.2) is 48.5 Å². The number of aryl methyl sites for hydroxylation is 1. The summed E-state index contributed by atoms with van der Waals surface area (Å²) in [6, 6.07) is 16.1. The largest absolute Gasteiger partial charge is 0.442 e. The second kappa shape index (κ2) is 6.74. The number of hydrogen-bond acceptors (Lipinski definition) is 3. The minimum Gasteiger partial charge on any atom is -0.442 e. The molecule has 0 radical (unpaired) electrons. The van der Waals surface area contributed by atoms with Gasteiger partial charge in [0.2, 0.25) is 5.91 Å². The normalized spacial score (nSPS) is 16.8. The van der Waals surface area contributed by atoms with E-state index in [0.717, 1.165) is 22.4 Å². The standard InChI is InChI=1S/C19H20N2O3/c1-13-10-16(8-9-18(13)15-6-4-3-5-7-15)21-12-17(24-19(21)23)11-20-14(2)22/h3-10,17H,11-12H2,1-2H3,(H,20,22). The topological polar surface area (TPSA) is 58.6 Å². The van der Waals surface area contributed by atoms with Crippen LogP contribution in [-0.2, 0) is 9.53 Å². The third-order valence-electron chi connectivity index (χ3n) is 4.06. The molecule has 0 bridgehead atoms. The summed E-state index contributed by atoms with van der Waals surface area (Å²) < 4.78 is 5.31. The van der Waals surface area contributed by atoms with E-state index in [0.29, 0.717) is 13.1 Å². The highest BCUT2D eigenvalue weighted by Crippen LogP contribution is 2.29. The van der Waals surface area contributed by atoms with E-state index in [1.165, 1.54) is 6.92 Å². The van der Waals surface area contributed by atoms with Gasteiger partial charge in [0.05, 0.1) is 13.1 Å². The number of rotatable bonds is 4. The fourth-order valence-electron chi connectivity index (χ4n) is 2.85. The highest BCUT2D eigenvalue weighted by atomic mass is 16.6. The van der Waals surface area contributed by atoms with Crippen LogP contribution in [0.1, 0.15) is 12.5 Å². The molecular weight excluding hydrogens is 304 g/mol. The molecule has 1 atom stereocenters. The van der Waals surface area contributed by atoms with Crippen LogP contribution in [0.4, 0.5) is 10.5 Å².